The number of halogens is 4. The van der Waals surface area contributed by atoms with Gasteiger partial charge in [-0.15, -0.1) is 0 Å². The highest BCUT2D eigenvalue weighted by Gasteiger charge is 2.34. The van der Waals surface area contributed by atoms with Crippen LogP contribution < -0.4 is 15.2 Å². The summed E-state index contributed by atoms with van der Waals surface area (Å²) in [5, 5.41) is 0. The van der Waals surface area contributed by atoms with Crippen molar-refractivity contribution in [1.82, 2.24) is 0 Å². The van der Waals surface area contributed by atoms with Gasteiger partial charge in [0, 0.05) is 0 Å². The van der Waals surface area contributed by atoms with Crippen molar-refractivity contribution in [3.8, 4) is 17.2 Å². The molecular weight excluding hydrogens is 290 g/mol. The van der Waals surface area contributed by atoms with Crippen LogP contribution in [0.15, 0.2) is 36.4 Å². The van der Waals surface area contributed by atoms with E-state index in [1.165, 1.54) is 13.2 Å². The molecule has 0 aliphatic heterocycles. The molecule has 7 heteroatoms. The van der Waals surface area contributed by atoms with Crippen molar-refractivity contribution in [3.63, 3.8) is 0 Å². The van der Waals surface area contributed by atoms with Crippen LogP contribution >= 0.6 is 0 Å². The molecule has 21 heavy (non-hydrogen) atoms. The van der Waals surface area contributed by atoms with Gasteiger partial charge in [-0.25, -0.2) is 4.39 Å². The molecule has 0 amide bonds. The van der Waals surface area contributed by atoms with Gasteiger partial charge in [0.2, 0.25) is 0 Å². The maximum absolute atomic E-state index is 13.2. The summed E-state index contributed by atoms with van der Waals surface area (Å²) >= 11 is 0. The Morgan fingerprint density at radius 2 is 1.71 bits per heavy atom. The number of nitrogens with two attached hydrogens (primary N) is 1. The minimum absolute atomic E-state index is 0.120. The van der Waals surface area contributed by atoms with Crippen molar-refractivity contribution >= 4 is 5.69 Å². The van der Waals surface area contributed by atoms with Gasteiger partial charge < -0.3 is 15.2 Å². The van der Waals surface area contributed by atoms with Crippen LogP contribution in [0.5, 0.6) is 17.2 Å². The summed E-state index contributed by atoms with van der Waals surface area (Å²) in [6.07, 6.45) is -4.80. The van der Waals surface area contributed by atoms with Crippen molar-refractivity contribution in [3.05, 3.63) is 47.8 Å². The van der Waals surface area contributed by atoms with Gasteiger partial charge in [-0.1, -0.05) is 6.07 Å². The molecule has 2 N–H and O–H groups in total. The first-order valence-electron chi connectivity index (χ1n) is 5.80. The van der Waals surface area contributed by atoms with Gasteiger partial charge in [0.1, 0.15) is 23.0 Å². The highest BCUT2D eigenvalue weighted by atomic mass is 19.4. The third-order valence-corrected chi connectivity index (χ3v) is 2.72. The molecule has 0 saturated carbocycles. The second-order valence-electron chi connectivity index (χ2n) is 4.11. The molecule has 2 rings (SSSR count). The summed E-state index contributed by atoms with van der Waals surface area (Å²) in [6.45, 7) is 0. The summed E-state index contributed by atoms with van der Waals surface area (Å²) in [5.41, 5.74) is 4.48. The molecule has 0 atom stereocenters. The zero-order valence-electron chi connectivity index (χ0n) is 10.9. The second-order valence-corrected chi connectivity index (χ2v) is 4.11. The Hall–Kier alpha value is -2.44. The van der Waals surface area contributed by atoms with Crippen LogP contribution in [-0.2, 0) is 6.18 Å². The summed E-state index contributed by atoms with van der Waals surface area (Å²) in [6, 6.07) is 6.97. The molecule has 2 aromatic rings. The molecule has 112 valence electrons. The van der Waals surface area contributed by atoms with Gasteiger partial charge in [0.25, 0.3) is 0 Å². The fraction of sp³-hybridized carbons (Fsp3) is 0.143. The SMILES string of the molecule is COc1cccc(Oc2ccc(F)c(C(F)(F)F)c2)c1N. The smallest absolute Gasteiger partial charge is 0.419 e. The van der Waals surface area contributed by atoms with Gasteiger partial charge in [-0.05, 0) is 30.3 Å². The molecule has 0 heterocycles. The summed E-state index contributed by atoms with van der Waals surface area (Å²) < 4.78 is 61.3. The molecule has 0 aliphatic rings. The molecule has 0 aliphatic carbocycles. The minimum atomic E-state index is -4.80. The molecular formula is C14H11F4NO2. The zero-order chi connectivity index (χ0) is 15.6. The van der Waals surface area contributed by atoms with Crippen LogP contribution in [0.3, 0.4) is 0 Å². The summed E-state index contributed by atoms with van der Waals surface area (Å²) in [7, 11) is 1.40. The van der Waals surface area contributed by atoms with E-state index in [1.54, 1.807) is 12.1 Å². The molecule has 2 aromatic carbocycles. The van der Waals surface area contributed by atoms with Gasteiger partial charge in [0.05, 0.1) is 12.7 Å². The number of benzene rings is 2. The monoisotopic (exact) mass is 301 g/mol. The van der Waals surface area contributed by atoms with Crippen molar-refractivity contribution < 1.29 is 27.0 Å². The normalized spacial score (nSPS) is 11.3. The lowest BCUT2D eigenvalue weighted by Gasteiger charge is -2.13. The van der Waals surface area contributed by atoms with Crippen LogP contribution in [0.25, 0.3) is 0 Å². The Bertz CT molecular complexity index is 656. The molecule has 0 spiro atoms. The quantitative estimate of drug-likeness (QED) is 0.681. The van der Waals surface area contributed by atoms with Gasteiger partial charge in [-0.3, -0.25) is 0 Å². The molecule has 0 aromatic heterocycles. The van der Waals surface area contributed by atoms with E-state index in [4.69, 9.17) is 15.2 Å². The van der Waals surface area contributed by atoms with Crippen LogP contribution in [0.2, 0.25) is 0 Å². The molecule has 3 nitrogen and oxygen atoms in total. The van der Waals surface area contributed by atoms with E-state index in [1.807, 2.05) is 0 Å². The number of para-hydroxylation sites is 1. The molecule has 0 bridgehead atoms. The Kier molecular flexibility index (Phi) is 3.93. The Labute approximate surface area is 117 Å². The lowest BCUT2D eigenvalue weighted by atomic mass is 10.2. The Morgan fingerprint density at radius 3 is 2.33 bits per heavy atom. The topological polar surface area (TPSA) is 44.5 Å². The van der Waals surface area contributed by atoms with Gasteiger partial charge >= 0.3 is 6.18 Å². The third kappa shape index (κ3) is 3.18. The number of nitrogen functional groups attached to an aromatic ring is 1. The van der Waals surface area contributed by atoms with Crippen molar-refractivity contribution in [2.75, 3.05) is 12.8 Å². The lowest BCUT2D eigenvalue weighted by molar-refractivity contribution is -0.140. The van der Waals surface area contributed by atoms with E-state index < -0.39 is 17.6 Å². The lowest BCUT2D eigenvalue weighted by Crippen LogP contribution is -2.08. The highest BCUT2D eigenvalue weighted by Crippen LogP contribution is 2.37. The van der Waals surface area contributed by atoms with E-state index in [0.717, 1.165) is 6.07 Å². The van der Waals surface area contributed by atoms with Crippen molar-refractivity contribution in [2.45, 2.75) is 6.18 Å². The number of hydrogen-bond acceptors (Lipinski definition) is 3. The predicted octanol–water partition coefficient (Wildman–Crippen LogP) is 4.23. The molecule has 0 radical (unpaired) electrons. The first-order chi connectivity index (χ1) is 9.82. The van der Waals surface area contributed by atoms with Gasteiger partial charge in [0.15, 0.2) is 5.75 Å². The fourth-order valence-electron chi connectivity index (χ4n) is 1.70. The Balaban J connectivity index is 2.37. The summed E-state index contributed by atoms with van der Waals surface area (Å²) in [4.78, 5) is 0. The number of ether oxygens (including phenoxy) is 2. The van der Waals surface area contributed by atoms with E-state index >= 15 is 0 Å². The van der Waals surface area contributed by atoms with E-state index in [0.29, 0.717) is 17.9 Å². The number of rotatable bonds is 3. The first-order valence-corrected chi connectivity index (χ1v) is 5.80. The van der Waals surface area contributed by atoms with Crippen LogP contribution in [0.4, 0.5) is 23.2 Å². The van der Waals surface area contributed by atoms with Crippen LogP contribution in [0, 0.1) is 5.82 Å². The van der Waals surface area contributed by atoms with Crippen LogP contribution in [-0.4, -0.2) is 7.11 Å². The molecule has 0 unspecified atom stereocenters. The van der Waals surface area contributed by atoms with E-state index in [9.17, 15) is 17.6 Å². The summed E-state index contributed by atoms with van der Waals surface area (Å²) in [5.74, 6) is -1.10. The first kappa shape index (κ1) is 15.0. The number of methoxy groups -OCH3 is 1. The van der Waals surface area contributed by atoms with Gasteiger partial charge in [-0.2, -0.15) is 13.2 Å². The number of anilines is 1. The number of alkyl halides is 3. The minimum Gasteiger partial charge on any atom is -0.494 e. The van der Waals surface area contributed by atoms with E-state index in [-0.39, 0.29) is 17.2 Å². The van der Waals surface area contributed by atoms with Crippen LogP contribution in [0.1, 0.15) is 5.56 Å². The van der Waals surface area contributed by atoms with Crippen molar-refractivity contribution in [2.24, 2.45) is 0 Å². The third-order valence-electron chi connectivity index (χ3n) is 2.72. The second kappa shape index (κ2) is 5.51. The Morgan fingerprint density at radius 1 is 1.05 bits per heavy atom. The largest absolute Gasteiger partial charge is 0.494 e. The number of hydrogen-bond donors (Lipinski definition) is 1. The molecule has 0 fully saturated rings. The highest BCUT2D eigenvalue weighted by molar-refractivity contribution is 5.63. The van der Waals surface area contributed by atoms with E-state index in [2.05, 4.69) is 0 Å². The zero-order valence-corrected chi connectivity index (χ0v) is 10.9. The maximum atomic E-state index is 13.2. The molecule has 0 saturated heterocycles. The average Bonchev–Trinajstić information content (AvgIpc) is 2.42. The predicted molar refractivity (Wildman–Crippen MR) is 68.9 cm³/mol. The average molecular weight is 301 g/mol. The maximum Gasteiger partial charge on any atom is 0.419 e. The fourth-order valence-corrected chi connectivity index (χ4v) is 1.70. The van der Waals surface area contributed by atoms with Crippen molar-refractivity contribution in [1.29, 1.82) is 0 Å². The standard InChI is InChI=1S/C14H11F4NO2/c1-20-11-3-2-4-12(13(11)19)21-8-5-6-10(15)9(7-8)14(16,17)18/h2-7H,19H2,1H3.